The molecule has 2 heterocycles. The van der Waals surface area contributed by atoms with Gasteiger partial charge in [-0.25, -0.2) is 0 Å². The van der Waals surface area contributed by atoms with Crippen LogP contribution in [0.5, 0.6) is 0 Å². The Labute approximate surface area is 175 Å². The molecule has 1 saturated heterocycles. The summed E-state index contributed by atoms with van der Waals surface area (Å²) in [6.45, 7) is 3.96. The number of nitrogens with zero attached hydrogens (tertiary/aromatic N) is 4. The number of nitrogens with one attached hydrogen (secondary N) is 1. The standard InChI is InChI=1S/C22H22ClN5O/c1-27-11-13-28(14-12-27)21-10-9-20(25-26-21)17-3-2-4-19(15-17)24-22(29)16-5-7-18(23)8-6-16/h2-10,15H,11-14H2,1H3,(H,24,29). The van der Waals surface area contributed by atoms with E-state index in [0.717, 1.165) is 43.3 Å². The molecule has 0 radical (unpaired) electrons. The molecule has 0 bridgehead atoms. The number of benzene rings is 2. The van der Waals surface area contributed by atoms with Crippen molar-refractivity contribution in [2.24, 2.45) is 0 Å². The predicted octanol–water partition coefficient (Wildman–Crippen LogP) is 3.80. The van der Waals surface area contributed by atoms with Gasteiger partial charge in [-0.1, -0.05) is 23.7 Å². The first-order valence-corrected chi connectivity index (χ1v) is 9.91. The number of carbonyl (C=O) groups excluding carboxylic acids is 1. The lowest BCUT2D eigenvalue weighted by Gasteiger charge is -2.32. The fourth-order valence-corrected chi connectivity index (χ4v) is 3.37. The molecule has 0 spiro atoms. The highest BCUT2D eigenvalue weighted by Gasteiger charge is 2.16. The van der Waals surface area contributed by atoms with Gasteiger partial charge in [0.25, 0.3) is 5.91 Å². The summed E-state index contributed by atoms with van der Waals surface area (Å²) in [5.41, 5.74) is 2.92. The van der Waals surface area contributed by atoms with Crippen molar-refractivity contribution in [3.05, 3.63) is 71.2 Å². The zero-order valence-electron chi connectivity index (χ0n) is 16.2. The van der Waals surface area contributed by atoms with Crippen LogP contribution in [0, 0.1) is 0 Å². The van der Waals surface area contributed by atoms with Crippen LogP contribution in [0.25, 0.3) is 11.3 Å². The molecular formula is C22H22ClN5O. The number of hydrogen-bond acceptors (Lipinski definition) is 5. The fraction of sp³-hybridized carbons (Fsp3) is 0.227. The van der Waals surface area contributed by atoms with Gasteiger partial charge in [-0.3, -0.25) is 4.79 Å². The van der Waals surface area contributed by atoms with Crippen molar-refractivity contribution in [2.45, 2.75) is 0 Å². The van der Waals surface area contributed by atoms with Gasteiger partial charge in [0.15, 0.2) is 5.82 Å². The second-order valence-electron chi connectivity index (χ2n) is 7.11. The topological polar surface area (TPSA) is 61.4 Å². The summed E-state index contributed by atoms with van der Waals surface area (Å²) < 4.78 is 0. The van der Waals surface area contributed by atoms with Crippen LogP contribution in [-0.4, -0.2) is 54.2 Å². The number of likely N-dealkylation sites (N-methyl/N-ethyl adjacent to an activating group) is 1. The third kappa shape index (κ3) is 4.72. The van der Waals surface area contributed by atoms with Crippen molar-refractivity contribution < 1.29 is 4.79 Å². The molecule has 1 aliphatic rings. The summed E-state index contributed by atoms with van der Waals surface area (Å²) in [5, 5.41) is 12.3. The molecule has 1 aliphatic heterocycles. The van der Waals surface area contributed by atoms with E-state index >= 15 is 0 Å². The molecule has 1 fully saturated rings. The van der Waals surface area contributed by atoms with Crippen LogP contribution in [0.4, 0.5) is 11.5 Å². The normalized spacial score (nSPS) is 14.6. The van der Waals surface area contributed by atoms with Crippen LogP contribution in [0.15, 0.2) is 60.7 Å². The maximum atomic E-state index is 12.4. The third-order valence-electron chi connectivity index (χ3n) is 5.00. The minimum atomic E-state index is -0.185. The lowest BCUT2D eigenvalue weighted by molar-refractivity contribution is 0.102. The molecular weight excluding hydrogens is 386 g/mol. The predicted molar refractivity (Wildman–Crippen MR) is 117 cm³/mol. The van der Waals surface area contributed by atoms with Gasteiger partial charge in [0, 0.05) is 48.0 Å². The SMILES string of the molecule is CN1CCN(c2ccc(-c3cccc(NC(=O)c4ccc(Cl)cc4)c3)nn2)CC1. The monoisotopic (exact) mass is 407 g/mol. The fourth-order valence-electron chi connectivity index (χ4n) is 3.24. The summed E-state index contributed by atoms with van der Waals surface area (Å²) in [7, 11) is 2.13. The molecule has 29 heavy (non-hydrogen) atoms. The average Bonchev–Trinajstić information content (AvgIpc) is 2.75. The Morgan fingerprint density at radius 3 is 2.41 bits per heavy atom. The molecule has 7 heteroatoms. The van der Waals surface area contributed by atoms with Gasteiger partial charge in [-0.2, -0.15) is 0 Å². The average molecular weight is 408 g/mol. The molecule has 1 aromatic heterocycles. The van der Waals surface area contributed by atoms with Gasteiger partial charge in [-0.15, -0.1) is 10.2 Å². The van der Waals surface area contributed by atoms with Crippen LogP contribution in [-0.2, 0) is 0 Å². The van der Waals surface area contributed by atoms with Crippen molar-refractivity contribution in [2.75, 3.05) is 43.4 Å². The molecule has 1 N–H and O–H groups in total. The van der Waals surface area contributed by atoms with Crippen molar-refractivity contribution in [3.8, 4) is 11.3 Å². The molecule has 2 aromatic carbocycles. The Morgan fingerprint density at radius 1 is 0.966 bits per heavy atom. The molecule has 0 saturated carbocycles. The summed E-state index contributed by atoms with van der Waals surface area (Å²) in [4.78, 5) is 17.0. The van der Waals surface area contributed by atoms with Gasteiger partial charge in [-0.05, 0) is 55.6 Å². The van der Waals surface area contributed by atoms with Gasteiger partial charge in [0.05, 0.1) is 5.69 Å². The molecule has 6 nitrogen and oxygen atoms in total. The number of halogens is 1. The Kier molecular flexibility index (Phi) is 5.74. The molecule has 4 rings (SSSR count). The van der Waals surface area contributed by atoms with Crippen molar-refractivity contribution in [1.29, 1.82) is 0 Å². The van der Waals surface area contributed by atoms with Gasteiger partial charge in [0.2, 0.25) is 0 Å². The maximum absolute atomic E-state index is 12.4. The van der Waals surface area contributed by atoms with Crippen molar-refractivity contribution >= 4 is 29.0 Å². The van der Waals surface area contributed by atoms with E-state index in [1.54, 1.807) is 24.3 Å². The summed E-state index contributed by atoms with van der Waals surface area (Å²) in [5.74, 6) is 0.712. The van der Waals surface area contributed by atoms with E-state index in [2.05, 4.69) is 32.4 Å². The van der Waals surface area contributed by atoms with Gasteiger partial charge >= 0.3 is 0 Å². The first kappa shape index (κ1) is 19.4. The van der Waals surface area contributed by atoms with E-state index in [1.807, 2.05) is 36.4 Å². The third-order valence-corrected chi connectivity index (χ3v) is 5.25. The van der Waals surface area contributed by atoms with Crippen LogP contribution < -0.4 is 10.2 Å². The van der Waals surface area contributed by atoms with Crippen LogP contribution in [0.2, 0.25) is 5.02 Å². The highest BCUT2D eigenvalue weighted by atomic mass is 35.5. The Balaban J connectivity index is 1.47. The molecule has 148 valence electrons. The number of rotatable bonds is 4. The second-order valence-corrected chi connectivity index (χ2v) is 7.55. The summed E-state index contributed by atoms with van der Waals surface area (Å²) >= 11 is 5.88. The molecule has 0 aliphatic carbocycles. The zero-order chi connectivity index (χ0) is 20.2. The highest BCUT2D eigenvalue weighted by molar-refractivity contribution is 6.30. The number of piperazine rings is 1. The summed E-state index contributed by atoms with van der Waals surface area (Å²) in [6.07, 6.45) is 0. The zero-order valence-corrected chi connectivity index (χ0v) is 16.9. The number of carbonyl (C=O) groups is 1. The first-order chi connectivity index (χ1) is 14.1. The molecule has 0 unspecified atom stereocenters. The maximum Gasteiger partial charge on any atom is 0.255 e. The Bertz CT molecular complexity index is 983. The molecule has 0 atom stereocenters. The quantitative estimate of drug-likeness (QED) is 0.712. The van der Waals surface area contributed by atoms with E-state index in [9.17, 15) is 4.79 Å². The largest absolute Gasteiger partial charge is 0.353 e. The Hall–Kier alpha value is -2.96. The van der Waals surface area contributed by atoms with Crippen LogP contribution in [0.1, 0.15) is 10.4 Å². The number of aromatic nitrogens is 2. The van der Waals surface area contributed by atoms with Gasteiger partial charge < -0.3 is 15.1 Å². The van der Waals surface area contributed by atoms with E-state index in [0.29, 0.717) is 16.3 Å². The second kappa shape index (κ2) is 8.59. The van der Waals surface area contributed by atoms with E-state index in [1.165, 1.54) is 0 Å². The summed E-state index contributed by atoms with van der Waals surface area (Å²) in [6, 6.07) is 18.4. The highest BCUT2D eigenvalue weighted by Crippen LogP contribution is 2.23. The van der Waals surface area contributed by atoms with E-state index in [-0.39, 0.29) is 5.91 Å². The Morgan fingerprint density at radius 2 is 1.72 bits per heavy atom. The van der Waals surface area contributed by atoms with Gasteiger partial charge in [0.1, 0.15) is 0 Å². The minimum Gasteiger partial charge on any atom is -0.353 e. The van der Waals surface area contributed by atoms with E-state index in [4.69, 9.17) is 11.6 Å². The number of anilines is 2. The number of amides is 1. The first-order valence-electron chi connectivity index (χ1n) is 9.53. The van der Waals surface area contributed by atoms with Crippen molar-refractivity contribution in [3.63, 3.8) is 0 Å². The van der Waals surface area contributed by atoms with Crippen LogP contribution >= 0.6 is 11.6 Å². The van der Waals surface area contributed by atoms with E-state index < -0.39 is 0 Å². The lowest BCUT2D eigenvalue weighted by Crippen LogP contribution is -2.44. The smallest absolute Gasteiger partial charge is 0.255 e. The number of hydrogen-bond donors (Lipinski definition) is 1. The molecule has 3 aromatic rings. The van der Waals surface area contributed by atoms with Crippen molar-refractivity contribution in [1.82, 2.24) is 15.1 Å². The minimum absolute atomic E-state index is 0.185. The van der Waals surface area contributed by atoms with Crippen LogP contribution in [0.3, 0.4) is 0 Å². The lowest BCUT2D eigenvalue weighted by atomic mass is 10.1. The molecule has 1 amide bonds.